The molecule has 110 valence electrons. The standard InChI is InChI=1S/C18H19ClFN/c19-16-8-6-14(7-9-16)3-2-11-21-12-10-17-15(13-21)4-1-5-18(17)20/h1,4-9H,2-3,10-13H2. The third-order valence-corrected chi connectivity index (χ3v) is 4.39. The molecule has 0 saturated heterocycles. The number of halogens is 2. The third kappa shape index (κ3) is 3.63. The largest absolute Gasteiger partial charge is 0.299 e. The Morgan fingerprint density at radius 3 is 2.71 bits per heavy atom. The van der Waals surface area contributed by atoms with E-state index in [9.17, 15) is 4.39 Å². The van der Waals surface area contributed by atoms with E-state index in [0.717, 1.165) is 55.0 Å². The molecule has 0 amide bonds. The molecular formula is C18H19ClFN. The highest BCUT2D eigenvalue weighted by atomic mass is 35.5. The van der Waals surface area contributed by atoms with Gasteiger partial charge in [-0.25, -0.2) is 4.39 Å². The SMILES string of the molecule is Fc1cccc2c1CCN(CCCc1ccc(Cl)cc1)C2. The molecule has 0 unspecified atom stereocenters. The topological polar surface area (TPSA) is 3.24 Å². The first-order chi connectivity index (χ1) is 10.2. The van der Waals surface area contributed by atoms with Crippen molar-refractivity contribution in [2.75, 3.05) is 13.1 Å². The maximum atomic E-state index is 13.7. The first kappa shape index (κ1) is 14.6. The summed E-state index contributed by atoms with van der Waals surface area (Å²) in [6.45, 7) is 2.88. The predicted octanol–water partition coefficient (Wildman–Crippen LogP) is 4.47. The predicted molar refractivity (Wildman–Crippen MR) is 85.2 cm³/mol. The van der Waals surface area contributed by atoms with Gasteiger partial charge in [0.05, 0.1) is 0 Å². The van der Waals surface area contributed by atoms with E-state index >= 15 is 0 Å². The van der Waals surface area contributed by atoms with Gasteiger partial charge in [0.25, 0.3) is 0 Å². The second-order valence-electron chi connectivity index (χ2n) is 5.63. The number of hydrogen-bond donors (Lipinski definition) is 0. The molecule has 0 aliphatic carbocycles. The Morgan fingerprint density at radius 2 is 1.90 bits per heavy atom. The fourth-order valence-electron chi connectivity index (χ4n) is 2.97. The summed E-state index contributed by atoms with van der Waals surface area (Å²) in [6.07, 6.45) is 3.00. The summed E-state index contributed by atoms with van der Waals surface area (Å²) in [5.41, 5.74) is 3.38. The fraction of sp³-hybridized carbons (Fsp3) is 0.333. The van der Waals surface area contributed by atoms with Gasteiger partial charge in [0.15, 0.2) is 0 Å². The first-order valence-corrected chi connectivity index (χ1v) is 7.83. The van der Waals surface area contributed by atoms with Crippen molar-refractivity contribution in [2.45, 2.75) is 25.8 Å². The molecule has 0 radical (unpaired) electrons. The van der Waals surface area contributed by atoms with Crippen LogP contribution < -0.4 is 0 Å². The Labute approximate surface area is 130 Å². The Bertz CT molecular complexity index is 609. The van der Waals surface area contributed by atoms with Gasteiger partial charge in [-0.15, -0.1) is 0 Å². The van der Waals surface area contributed by atoms with Crippen LogP contribution in [-0.4, -0.2) is 18.0 Å². The molecule has 0 aromatic heterocycles. The Hall–Kier alpha value is -1.38. The van der Waals surface area contributed by atoms with Crippen LogP contribution in [-0.2, 0) is 19.4 Å². The summed E-state index contributed by atoms with van der Waals surface area (Å²) >= 11 is 5.89. The normalized spacial score (nSPS) is 15.0. The van der Waals surface area contributed by atoms with Crippen molar-refractivity contribution in [1.82, 2.24) is 4.90 Å². The molecule has 0 fully saturated rings. The van der Waals surface area contributed by atoms with Gasteiger partial charge < -0.3 is 0 Å². The van der Waals surface area contributed by atoms with Crippen LogP contribution in [0, 0.1) is 5.82 Å². The van der Waals surface area contributed by atoms with Crippen molar-refractivity contribution in [2.24, 2.45) is 0 Å². The summed E-state index contributed by atoms with van der Waals surface area (Å²) in [7, 11) is 0. The molecule has 0 bridgehead atoms. The lowest BCUT2D eigenvalue weighted by Crippen LogP contribution is -2.32. The molecule has 1 heterocycles. The Morgan fingerprint density at radius 1 is 1.10 bits per heavy atom. The summed E-state index contributed by atoms with van der Waals surface area (Å²) in [4.78, 5) is 2.41. The molecule has 1 nitrogen and oxygen atoms in total. The molecule has 1 aliphatic rings. The van der Waals surface area contributed by atoms with E-state index in [0.29, 0.717) is 0 Å². The fourth-order valence-corrected chi connectivity index (χ4v) is 3.10. The minimum Gasteiger partial charge on any atom is -0.299 e. The smallest absolute Gasteiger partial charge is 0.126 e. The van der Waals surface area contributed by atoms with E-state index in [1.165, 1.54) is 5.56 Å². The minimum absolute atomic E-state index is 0.0479. The van der Waals surface area contributed by atoms with Crippen molar-refractivity contribution >= 4 is 11.6 Å². The van der Waals surface area contributed by atoms with Gasteiger partial charge in [-0.05, 0) is 60.7 Å². The molecule has 0 N–H and O–H groups in total. The average Bonchev–Trinajstić information content (AvgIpc) is 2.49. The van der Waals surface area contributed by atoms with Crippen LogP contribution in [0.5, 0.6) is 0 Å². The molecule has 21 heavy (non-hydrogen) atoms. The monoisotopic (exact) mass is 303 g/mol. The molecule has 2 aromatic rings. The molecule has 0 saturated carbocycles. The molecule has 0 spiro atoms. The number of benzene rings is 2. The van der Waals surface area contributed by atoms with Crippen molar-refractivity contribution in [3.63, 3.8) is 0 Å². The van der Waals surface area contributed by atoms with Gasteiger partial charge in [-0.2, -0.15) is 0 Å². The number of nitrogens with zero attached hydrogens (tertiary/aromatic N) is 1. The first-order valence-electron chi connectivity index (χ1n) is 7.45. The Kier molecular flexibility index (Phi) is 4.57. The second-order valence-corrected chi connectivity index (χ2v) is 6.07. The van der Waals surface area contributed by atoms with Crippen LogP contribution in [0.2, 0.25) is 5.02 Å². The lowest BCUT2D eigenvalue weighted by Gasteiger charge is -2.28. The second kappa shape index (κ2) is 6.59. The highest BCUT2D eigenvalue weighted by molar-refractivity contribution is 6.30. The number of aryl methyl sites for hydroxylation is 1. The minimum atomic E-state index is -0.0479. The van der Waals surface area contributed by atoms with E-state index in [2.05, 4.69) is 17.0 Å². The highest BCUT2D eigenvalue weighted by Gasteiger charge is 2.18. The zero-order valence-electron chi connectivity index (χ0n) is 12.0. The number of rotatable bonds is 4. The van der Waals surface area contributed by atoms with E-state index in [1.807, 2.05) is 24.3 Å². The van der Waals surface area contributed by atoms with Crippen LogP contribution in [0.3, 0.4) is 0 Å². The van der Waals surface area contributed by atoms with Gasteiger partial charge in [0, 0.05) is 18.1 Å². The van der Waals surface area contributed by atoms with Crippen molar-refractivity contribution in [1.29, 1.82) is 0 Å². The average molecular weight is 304 g/mol. The molecule has 3 rings (SSSR count). The van der Waals surface area contributed by atoms with E-state index in [-0.39, 0.29) is 5.82 Å². The van der Waals surface area contributed by atoms with Gasteiger partial charge in [-0.3, -0.25) is 4.90 Å². The van der Waals surface area contributed by atoms with Crippen LogP contribution in [0.4, 0.5) is 4.39 Å². The lowest BCUT2D eigenvalue weighted by atomic mass is 9.99. The van der Waals surface area contributed by atoms with Crippen molar-refractivity contribution < 1.29 is 4.39 Å². The van der Waals surface area contributed by atoms with Gasteiger partial charge in [-0.1, -0.05) is 35.9 Å². The summed E-state index contributed by atoms with van der Waals surface area (Å²) in [6, 6.07) is 13.5. The van der Waals surface area contributed by atoms with Crippen LogP contribution in [0.25, 0.3) is 0 Å². The zero-order chi connectivity index (χ0) is 14.7. The van der Waals surface area contributed by atoms with E-state index in [1.54, 1.807) is 6.07 Å². The summed E-state index contributed by atoms with van der Waals surface area (Å²) in [5.74, 6) is -0.0479. The zero-order valence-corrected chi connectivity index (χ0v) is 12.7. The van der Waals surface area contributed by atoms with E-state index < -0.39 is 0 Å². The van der Waals surface area contributed by atoms with Gasteiger partial charge in [0.2, 0.25) is 0 Å². The quantitative estimate of drug-likeness (QED) is 0.805. The summed E-state index contributed by atoms with van der Waals surface area (Å²) < 4.78 is 13.7. The molecular weight excluding hydrogens is 285 g/mol. The maximum absolute atomic E-state index is 13.7. The van der Waals surface area contributed by atoms with Gasteiger partial charge >= 0.3 is 0 Å². The van der Waals surface area contributed by atoms with Crippen LogP contribution in [0.15, 0.2) is 42.5 Å². The van der Waals surface area contributed by atoms with Crippen LogP contribution >= 0.6 is 11.6 Å². The molecule has 2 aromatic carbocycles. The molecule has 3 heteroatoms. The number of hydrogen-bond acceptors (Lipinski definition) is 1. The van der Waals surface area contributed by atoms with Crippen molar-refractivity contribution in [3.8, 4) is 0 Å². The highest BCUT2D eigenvalue weighted by Crippen LogP contribution is 2.21. The molecule has 0 atom stereocenters. The third-order valence-electron chi connectivity index (χ3n) is 4.14. The van der Waals surface area contributed by atoms with Crippen LogP contribution in [0.1, 0.15) is 23.1 Å². The number of fused-ring (bicyclic) bond motifs is 1. The van der Waals surface area contributed by atoms with Gasteiger partial charge in [0.1, 0.15) is 5.82 Å². The lowest BCUT2D eigenvalue weighted by molar-refractivity contribution is 0.248. The maximum Gasteiger partial charge on any atom is 0.126 e. The van der Waals surface area contributed by atoms with E-state index in [4.69, 9.17) is 11.6 Å². The summed E-state index contributed by atoms with van der Waals surface area (Å²) in [5, 5.41) is 0.786. The Balaban J connectivity index is 1.52. The van der Waals surface area contributed by atoms with Crippen molar-refractivity contribution in [3.05, 3.63) is 70.0 Å². The molecule has 1 aliphatic heterocycles.